The number of aliphatic hydroxyl groups excluding tert-OH is 2. The second kappa shape index (κ2) is 6.37. The summed E-state index contributed by atoms with van der Waals surface area (Å²) < 4.78 is 0. The van der Waals surface area contributed by atoms with Crippen molar-refractivity contribution in [1.29, 1.82) is 0 Å². The predicted octanol–water partition coefficient (Wildman–Crippen LogP) is 0.627. The number of aliphatic hydroxyl groups is 2. The third-order valence-corrected chi connectivity index (χ3v) is 3.03. The monoisotopic (exact) mass is 259 g/mol. The van der Waals surface area contributed by atoms with Crippen molar-refractivity contribution >= 4 is 5.91 Å². The summed E-state index contributed by atoms with van der Waals surface area (Å²) in [5.41, 5.74) is 1.38. The summed E-state index contributed by atoms with van der Waals surface area (Å²) in [4.78, 5) is 14.0. The summed E-state index contributed by atoms with van der Waals surface area (Å²) in [6.07, 6.45) is 2.04. The Hall–Kier alpha value is -1.83. The Morgan fingerprint density at radius 1 is 1.26 bits per heavy atom. The van der Waals surface area contributed by atoms with Crippen LogP contribution in [-0.4, -0.2) is 46.8 Å². The van der Waals surface area contributed by atoms with Gasteiger partial charge in [0.15, 0.2) is 0 Å². The number of hydrogen-bond acceptors (Lipinski definition) is 3. The average Bonchev–Trinajstić information content (AvgIpc) is 3.27. The van der Waals surface area contributed by atoms with Crippen LogP contribution in [0.3, 0.4) is 0 Å². The Balaban J connectivity index is 2.09. The van der Waals surface area contributed by atoms with E-state index in [1.54, 1.807) is 29.2 Å². The molecule has 0 unspecified atom stereocenters. The summed E-state index contributed by atoms with van der Waals surface area (Å²) in [6, 6.07) is 7.28. The van der Waals surface area contributed by atoms with Gasteiger partial charge in [0.05, 0.1) is 6.61 Å². The molecule has 1 aliphatic rings. The second-order valence-corrected chi connectivity index (χ2v) is 4.49. The minimum Gasteiger partial charge on any atom is -0.395 e. The molecule has 0 aliphatic heterocycles. The van der Waals surface area contributed by atoms with Crippen molar-refractivity contribution < 1.29 is 15.0 Å². The zero-order valence-electron chi connectivity index (χ0n) is 10.7. The standard InChI is InChI=1S/C15H17NO3/c17-10-1-2-12-3-5-13(6-4-12)15(19)16(9-11-18)14-7-8-14/h3-6,14,17-18H,7-11H2. The Labute approximate surface area is 112 Å². The summed E-state index contributed by atoms with van der Waals surface area (Å²) in [5.74, 6) is 5.30. The van der Waals surface area contributed by atoms with Gasteiger partial charge in [0.2, 0.25) is 0 Å². The quantitative estimate of drug-likeness (QED) is 0.780. The lowest BCUT2D eigenvalue weighted by Crippen LogP contribution is -2.35. The van der Waals surface area contributed by atoms with E-state index in [4.69, 9.17) is 10.2 Å². The first-order chi connectivity index (χ1) is 9.26. The van der Waals surface area contributed by atoms with Gasteiger partial charge in [-0.25, -0.2) is 0 Å². The van der Waals surface area contributed by atoms with Crippen LogP contribution in [0.1, 0.15) is 28.8 Å². The Morgan fingerprint density at radius 3 is 2.47 bits per heavy atom. The molecule has 4 nitrogen and oxygen atoms in total. The van der Waals surface area contributed by atoms with Crippen LogP contribution >= 0.6 is 0 Å². The summed E-state index contributed by atoms with van der Waals surface area (Å²) in [6.45, 7) is 0.199. The van der Waals surface area contributed by atoms with E-state index in [0.717, 1.165) is 18.4 Å². The molecule has 0 heterocycles. The molecule has 1 saturated carbocycles. The van der Waals surface area contributed by atoms with E-state index >= 15 is 0 Å². The first kappa shape index (κ1) is 13.6. The predicted molar refractivity (Wildman–Crippen MR) is 71.6 cm³/mol. The molecule has 0 atom stereocenters. The minimum atomic E-state index is -0.174. The van der Waals surface area contributed by atoms with Gasteiger partial charge in [0, 0.05) is 23.7 Å². The maximum absolute atomic E-state index is 12.3. The fourth-order valence-electron chi connectivity index (χ4n) is 1.95. The molecule has 4 heteroatoms. The third-order valence-electron chi connectivity index (χ3n) is 3.03. The zero-order valence-corrected chi connectivity index (χ0v) is 10.7. The van der Waals surface area contributed by atoms with Crippen molar-refractivity contribution in [1.82, 2.24) is 4.90 Å². The Kier molecular flexibility index (Phi) is 4.56. The number of hydrogen-bond donors (Lipinski definition) is 2. The van der Waals surface area contributed by atoms with E-state index in [1.807, 2.05) is 0 Å². The van der Waals surface area contributed by atoms with E-state index < -0.39 is 0 Å². The SMILES string of the molecule is O=C(c1ccc(C#CCO)cc1)N(CCO)C1CC1. The lowest BCUT2D eigenvalue weighted by Gasteiger charge is -2.21. The van der Waals surface area contributed by atoms with Crippen LogP contribution in [0.25, 0.3) is 0 Å². The number of amides is 1. The maximum atomic E-state index is 12.3. The lowest BCUT2D eigenvalue weighted by atomic mass is 10.1. The Bertz CT molecular complexity index is 494. The molecule has 1 fully saturated rings. The number of carbonyl (C=O) groups excluding carboxylic acids is 1. The third kappa shape index (κ3) is 3.57. The molecule has 0 bridgehead atoms. The molecule has 1 aromatic rings. The van der Waals surface area contributed by atoms with Crippen LogP contribution in [0.5, 0.6) is 0 Å². The number of nitrogens with zero attached hydrogens (tertiary/aromatic N) is 1. The fraction of sp³-hybridized carbons (Fsp3) is 0.400. The first-order valence-corrected chi connectivity index (χ1v) is 6.38. The van der Waals surface area contributed by atoms with Crippen molar-refractivity contribution in [2.75, 3.05) is 19.8 Å². The van der Waals surface area contributed by atoms with Gasteiger partial charge in [-0.1, -0.05) is 11.8 Å². The smallest absolute Gasteiger partial charge is 0.254 e. The summed E-state index contributed by atoms with van der Waals surface area (Å²) >= 11 is 0. The van der Waals surface area contributed by atoms with Crippen LogP contribution in [0, 0.1) is 11.8 Å². The van der Waals surface area contributed by atoms with Crippen LogP contribution in [-0.2, 0) is 0 Å². The average molecular weight is 259 g/mol. The van der Waals surface area contributed by atoms with Crippen LogP contribution in [0.2, 0.25) is 0 Å². The normalized spacial score (nSPS) is 13.6. The fourth-order valence-corrected chi connectivity index (χ4v) is 1.95. The van der Waals surface area contributed by atoms with Gasteiger partial charge in [0.25, 0.3) is 5.91 Å². The van der Waals surface area contributed by atoms with Gasteiger partial charge < -0.3 is 15.1 Å². The van der Waals surface area contributed by atoms with Crippen molar-refractivity contribution in [3.8, 4) is 11.8 Å². The highest BCUT2D eigenvalue weighted by Gasteiger charge is 2.32. The topological polar surface area (TPSA) is 60.8 Å². The first-order valence-electron chi connectivity index (χ1n) is 6.38. The van der Waals surface area contributed by atoms with E-state index in [9.17, 15) is 4.79 Å². The second-order valence-electron chi connectivity index (χ2n) is 4.49. The number of rotatable bonds is 4. The molecular weight excluding hydrogens is 242 g/mol. The molecule has 2 rings (SSSR count). The number of benzene rings is 1. The van der Waals surface area contributed by atoms with Gasteiger partial charge in [-0.2, -0.15) is 0 Å². The molecule has 1 aliphatic carbocycles. The largest absolute Gasteiger partial charge is 0.395 e. The lowest BCUT2D eigenvalue weighted by molar-refractivity contribution is 0.0707. The summed E-state index contributed by atoms with van der Waals surface area (Å²) in [5, 5.41) is 17.6. The van der Waals surface area contributed by atoms with Gasteiger partial charge in [-0.3, -0.25) is 4.79 Å². The molecule has 0 spiro atoms. The van der Waals surface area contributed by atoms with Crippen molar-refractivity contribution in [3.63, 3.8) is 0 Å². The van der Waals surface area contributed by atoms with Crippen molar-refractivity contribution in [2.45, 2.75) is 18.9 Å². The molecule has 1 aromatic carbocycles. The summed E-state index contributed by atoms with van der Waals surface area (Å²) in [7, 11) is 0. The zero-order chi connectivity index (χ0) is 13.7. The van der Waals surface area contributed by atoms with Crippen LogP contribution in [0.15, 0.2) is 24.3 Å². The van der Waals surface area contributed by atoms with Crippen molar-refractivity contribution in [3.05, 3.63) is 35.4 Å². The molecule has 1 amide bonds. The highest BCUT2D eigenvalue weighted by molar-refractivity contribution is 5.94. The van der Waals surface area contributed by atoms with Gasteiger partial charge in [0.1, 0.15) is 6.61 Å². The highest BCUT2D eigenvalue weighted by atomic mass is 16.3. The van der Waals surface area contributed by atoms with Gasteiger partial charge in [-0.15, -0.1) is 0 Å². The molecule has 100 valence electrons. The highest BCUT2D eigenvalue weighted by Crippen LogP contribution is 2.27. The number of carbonyl (C=O) groups is 1. The van der Waals surface area contributed by atoms with Crippen LogP contribution in [0.4, 0.5) is 0 Å². The Morgan fingerprint density at radius 2 is 1.95 bits per heavy atom. The van der Waals surface area contributed by atoms with E-state index in [1.165, 1.54) is 0 Å². The van der Waals surface area contributed by atoms with E-state index in [0.29, 0.717) is 12.1 Å². The maximum Gasteiger partial charge on any atom is 0.254 e. The van der Waals surface area contributed by atoms with Gasteiger partial charge in [-0.05, 0) is 37.1 Å². The minimum absolute atomic E-state index is 0.0116. The van der Waals surface area contributed by atoms with E-state index in [-0.39, 0.29) is 25.2 Å². The van der Waals surface area contributed by atoms with Gasteiger partial charge >= 0.3 is 0 Å². The van der Waals surface area contributed by atoms with Crippen molar-refractivity contribution in [2.24, 2.45) is 0 Å². The molecule has 2 N–H and O–H groups in total. The molecule has 0 aromatic heterocycles. The molecular formula is C15H17NO3. The molecule has 0 saturated heterocycles. The van der Waals surface area contributed by atoms with E-state index in [2.05, 4.69) is 11.8 Å². The molecule has 0 radical (unpaired) electrons. The molecule has 19 heavy (non-hydrogen) atoms. The van der Waals surface area contributed by atoms with Crippen LogP contribution < -0.4 is 0 Å².